The molecule has 156 valence electrons. The van der Waals surface area contributed by atoms with Crippen LogP contribution in [0, 0.1) is 11.8 Å². The first-order chi connectivity index (χ1) is 12.5. The first-order valence-electron chi connectivity index (χ1n) is 10.5. The van der Waals surface area contributed by atoms with Crippen LogP contribution >= 0.6 is 12.4 Å². The van der Waals surface area contributed by atoms with Crippen molar-refractivity contribution in [2.45, 2.75) is 64.5 Å². The zero-order valence-corrected chi connectivity index (χ0v) is 17.7. The summed E-state index contributed by atoms with van der Waals surface area (Å²) in [4.78, 5) is 29.2. The maximum Gasteiger partial charge on any atom is 0.234 e. The molecule has 2 heterocycles. The van der Waals surface area contributed by atoms with Gasteiger partial charge in [-0.2, -0.15) is 0 Å². The summed E-state index contributed by atoms with van der Waals surface area (Å²) in [6, 6.07) is 0.800. The fourth-order valence-corrected chi connectivity index (χ4v) is 4.62. The zero-order valence-electron chi connectivity index (χ0n) is 16.9. The van der Waals surface area contributed by atoms with E-state index in [1.807, 2.05) is 4.90 Å². The lowest BCUT2D eigenvalue weighted by Gasteiger charge is -2.38. The fraction of sp³-hybridized carbons (Fsp3) is 0.900. The molecule has 0 bridgehead atoms. The van der Waals surface area contributed by atoms with E-state index in [-0.39, 0.29) is 24.2 Å². The average Bonchev–Trinajstić information content (AvgIpc) is 2.64. The van der Waals surface area contributed by atoms with E-state index >= 15 is 0 Å². The number of carbonyl (C=O) groups excluding carboxylic acids is 2. The van der Waals surface area contributed by atoms with Gasteiger partial charge in [-0.25, -0.2) is 0 Å². The number of amides is 2. The van der Waals surface area contributed by atoms with Crippen LogP contribution in [0.1, 0.15) is 52.4 Å². The molecule has 2 atom stereocenters. The van der Waals surface area contributed by atoms with Gasteiger partial charge in [0.1, 0.15) is 0 Å². The predicted octanol–water partition coefficient (Wildman–Crippen LogP) is 1.64. The molecule has 0 aromatic rings. The van der Waals surface area contributed by atoms with Crippen LogP contribution in [0.2, 0.25) is 0 Å². The lowest BCUT2D eigenvalue weighted by Crippen LogP contribution is -2.54. The van der Waals surface area contributed by atoms with Crippen molar-refractivity contribution in [2.75, 3.05) is 39.3 Å². The van der Waals surface area contributed by atoms with E-state index in [4.69, 9.17) is 0 Å². The van der Waals surface area contributed by atoms with Crippen LogP contribution in [0.15, 0.2) is 0 Å². The summed E-state index contributed by atoms with van der Waals surface area (Å²) < 4.78 is 0. The summed E-state index contributed by atoms with van der Waals surface area (Å²) in [5.41, 5.74) is 0. The van der Waals surface area contributed by atoms with Gasteiger partial charge in [0.05, 0.1) is 6.54 Å². The predicted molar refractivity (Wildman–Crippen MR) is 110 cm³/mol. The minimum absolute atomic E-state index is 0. The molecule has 0 unspecified atom stereocenters. The number of carbonyl (C=O) groups is 2. The highest BCUT2D eigenvalue weighted by Gasteiger charge is 2.31. The molecule has 2 aliphatic heterocycles. The summed E-state index contributed by atoms with van der Waals surface area (Å²) in [5.74, 6) is 1.45. The van der Waals surface area contributed by atoms with Crippen molar-refractivity contribution in [1.82, 2.24) is 20.4 Å². The second-order valence-corrected chi connectivity index (χ2v) is 8.70. The quantitative estimate of drug-likeness (QED) is 0.752. The molecule has 7 heteroatoms. The van der Waals surface area contributed by atoms with E-state index in [0.29, 0.717) is 24.5 Å². The molecule has 27 heavy (non-hydrogen) atoms. The van der Waals surface area contributed by atoms with E-state index in [9.17, 15) is 9.59 Å². The molecule has 6 nitrogen and oxygen atoms in total. The largest absolute Gasteiger partial charge is 0.352 e. The second-order valence-electron chi connectivity index (χ2n) is 8.70. The average molecular weight is 401 g/mol. The van der Waals surface area contributed by atoms with Crippen LogP contribution in [-0.2, 0) is 9.59 Å². The minimum Gasteiger partial charge on any atom is -0.352 e. The fourth-order valence-electron chi connectivity index (χ4n) is 4.62. The van der Waals surface area contributed by atoms with Gasteiger partial charge in [-0.3, -0.25) is 14.5 Å². The normalized spacial score (nSPS) is 32.4. The topological polar surface area (TPSA) is 64.7 Å². The molecule has 0 radical (unpaired) electrons. The van der Waals surface area contributed by atoms with Gasteiger partial charge in [-0.1, -0.05) is 6.92 Å². The van der Waals surface area contributed by atoms with Gasteiger partial charge >= 0.3 is 0 Å². The molecule has 3 fully saturated rings. The monoisotopic (exact) mass is 400 g/mol. The molecular formula is C20H37ClN4O2. The molecule has 1 aliphatic carbocycles. The van der Waals surface area contributed by atoms with E-state index < -0.39 is 0 Å². The molecule has 1 saturated carbocycles. The number of nitrogens with zero attached hydrogens (tertiary/aromatic N) is 2. The van der Waals surface area contributed by atoms with Gasteiger partial charge in [-0.05, 0) is 57.9 Å². The number of piperidine rings is 1. The first-order valence-corrected chi connectivity index (χ1v) is 10.5. The van der Waals surface area contributed by atoms with Gasteiger partial charge in [0.2, 0.25) is 11.8 Å². The Morgan fingerprint density at radius 1 is 1.00 bits per heavy atom. The molecule has 3 rings (SSSR count). The van der Waals surface area contributed by atoms with Crippen molar-refractivity contribution in [2.24, 2.45) is 11.8 Å². The van der Waals surface area contributed by atoms with Gasteiger partial charge in [-0.15, -0.1) is 12.4 Å². The van der Waals surface area contributed by atoms with Crippen LogP contribution < -0.4 is 10.6 Å². The lowest BCUT2D eigenvalue weighted by atomic mass is 9.87. The Balaban J connectivity index is 0.00000261. The van der Waals surface area contributed by atoms with E-state index in [1.165, 1.54) is 12.8 Å². The Morgan fingerprint density at radius 3 is 2.30 bits per heavy atom. The highest BCUT2D eigenvalue weighted by molar-refractivity contribution is 5.85. The number of piperazine rings is 1. The van der Waals surface area contributed by atoms with Crippen molar-refractivity contribution in [3.63, 3.8) is 0 Å². The standard InChI is InChI=1S/C20H36N4O2.ClH/c1-15-3-5-18(6-4-15)22-19(25)14-23-9-11-24(12-10-23)20(26)17-7-8-21-16(2)13-17;/h15-18,21H,3-14H2,1-2H3,(H,22,25);1H/t15?,16-,17-,18?;/m0./s1. The zero-order chi connectivity index (χ0) is 18.5. The summed E-state index contributed by atoms with van der Waals surface area (Å²) >= 11 is 0. The summed E-state index contributed by atoms with van der Waals surface area (Å²) in [7, 11) is 0. The third kappa shape index (κ3) is 6.61. The molecular weight excluding hydrogens is 364 g/mol. The summed E-state index contributed by atoms with van der Waals surface area (Å²) in [6.07, 6.45) is 6.57. The summed E-state index contributed by atoms with van der Waals surface area (Å²) in [5, 5.41) is 6.62. The Hall–Kier alpha value is -0.850. The molecule has 2 N–H and O–H groups in total. The van der Waals surface area contributed by atoms with E-state index in [2.05, 4.69) is 29.4 Å². The molecule has 2 amide bonds. The van der Waals surface area contributed by atoms with Crippen molar-refractivity contribution in [3.05, 3.63) is 0 Å². The van der Waals surface area contributed by atoms with Crippen LogP contribution in [0.4, 0.5) is 0 Å². The first kappa shape index (κ1) is 22.4. The molecule has 0 aromatic heterocycles. The van der Waals surface area contributed by atoms with E-state index in [1.54, 1.807) is 0 Å². The summed E-state index contributed by atoms with van der Waals surface area (Å²) in [6.45, 7) is 8.99. The van der Waals surface area contributed by atoms with Crippen molar-refractivity contribution < 1.29 is 9.59 Å². The number of nitrogens with one attached hydrogen (secondary N) is 2. The third-order valence-electron chi connectivity index (χ3n) is 6.41. The van der Waals surface area contributed by atoms with Gasteiger partial charge in [0, 0.05) is 44.2 Å². The number of hydrogen-bond acceptors (Lipinski definition) is 4. The molecule has 0 aromatic carbocycles. The maximum absolute atomic E-state index is 12.7. The smallest absolute Gasteiger partial charge is 0.234 e. The number of rotatable bonds is 4. The molecule has 2 saturated heterocycles. The lowest BCUT2D eigenvalue weighted by molar-refractivity contribution is -0.138. The van der Waals surface area contributed by atoms with Gasteiger partial charge in [0.25, 0.3) is 0 Å². The number of hydrogen-bond donors (Lipinski definition) is 2. The van der Waals surface area contributed by atoms with Crippen molar-refractivity contribution in [1.29, 1.82) is 0 Å². The molecule has 3 aliphatic rings. The van der Waals surface area contributed by atoms with Crippen molar-refractivity contribution >= 4 is 24.2 Å². The van der Waals surface area contributed by atoms with Gasteiger partial charge < -0.3 is 15.5 Å². The van der Waals surface area contributed by atoms with Crippen LogP contribution in [0.5, 0.6) is 0 Å². The maximum atomic E-state index is 12.7. The Labute approximate surface area is 170 Å². The molecule has 0 spiro atoms. The number of halogens is 1. The van der Waals surface area contributed by atoms with Crippen LogP contribution in [0.3, 0.4) is 0 Å². The second kappa shape index (κ2) is 10.6. The Bertz CT molecular complexity index is 488. The third-order valence-corrected chi connectivity index (χ3v) is 6.41. The minimum atomic E-state index is 0. The highest BCUT2D eigenvalue weighted by Crippen LogP contribution is 2.23. The highest BCUT2D eigenvalue weighted by atomic mass is 35.5. The Morgan fingerprint density at radius 2 is 1.67 bits per heavy atom. The van der Waals surface area contributed by atoms with Crippen LogP contribution in [0.25, 0.3) is 0 Å². The Kier molecular flexibility index (Phi) is 8.83. The van der Waals surface area contributed by atoms with E-state index in [0.717, 1.165) is 64.3 Å². The van der Waals surface area contributed by atoms with Crippen molar-refractivity contribution in [3.8, 4) is 0 Å². The van der Waals surface area contributed by atoms with Crippen LogP contribution in [-0.4, -0.2) is 73.0 Å². The van der Waals surface area contributed by atoms with Gasteiger partial charge in [0.15, 0.2) is 0 Å². The SMILES string of the molecule is CC1CCC(NC(=O)CN2CCN(C(=O)[C@H]3CCN[C@@H](C)C3)CC2)CC1.Cl.